The molecule has 0 saturated carbocycles. The van der Waals surface area contributed by atoms with Gasteiger partial charge in [-0.1, -0.05) is 5.16 Å². The first-order valence-corrected chi connectivity index (χ1v) is 3.91. The lowest BCUT2D eigenvalue weighted by Gasteiger charge is -2.03. The molecule has 1 aromatic rings. The van der Waals surface area contributed by atoms with Crippen LogP contribution in [0.5, 0.6) is 0 Å². The Morgan fingerprint density at radius 1 is 1.91 bits per heavy atom. The molecule has 5 nitrogen and oxygen atoms in total. The fourth-order valence-electron chi connectivity index (χ4n) is 0.604. The van der Waals surface area contributed by atoms with Gasteiger partial charge in [-0.2, -0.15) is 4.21 Å². The first-order valence-electron chi connectivity index (χ1n) is 2.88. The summed E-state index contributed by atoms with van der Waals surface area (Å²) in [6.45, 7) is 1.60. The predicted molar refractivity (Wildman–Crippen MR) is 36.8 cm³/mol. The minimum absolute atomic E-state index is 0.493. The lowest BCUT2D eigenvalue weighted by molar-refractivity contribution is 0.215. The van der Waals surface area contributed by atoms with Crippen molar-refractivity contribution in [3.05, 3.63) is 18.0 Å². The Bertz CT molecular complexity index is 235. The third-order valence-corrected chi connectivity index (χ3v) is 1.55. The zero-order valence-electron chi connectivity index (χ0n) is 5.76. The van der Waals surface area contributed by atoms with Crippen LogP contribution < -0.4 is 0 Å². The van der Waals surface area contributed by atoms with Crippen LogP contribution in [0.3, 0.4) is 0 Å². The van der Waals surface area contributed by atoms with E-state index in [2.05, 4.69) is 13.9 Å². The molecule has 62 valence electrons. The van der Waals surface area contributed by atoms with Crippen LogP contribution >= 0.6 is 0 Å². The Kier molecular flexibility index (Phi) is 2.75. The smallest absolute Gasteiger partial charge is 0.302 e. The maximum absolute atomic E-state index is 10.1. The van der Waals surface area contributed by atoms with E-state index in [0.29, 0.717) is 5.69 Å². The van der Waals surface area contributed by atoms with Crippen LogP contribution in [0.15, 0.2) is 16.9 Å². The summed E-state index contributed by atoms with van der Waals surface area (Å²) in [5.41, 5.74) is 0.493. The first kappa shape index (κ1) is 8.38. The largest absolute Gasteiger partial charge is 0.364 e. The summed E-state index contributed by atoms with van der Waals surface area (Å²) in [4.78, 5) is 0. The second-order valence-corrected chi connectivity index (χ2v) is 2.51. The molecule has 11 heavy (non-hydrogen) atoms. The van der Waals surface area contributed by atoms with Crippen LogP contribution in [0, 0.1) is 0 Å². The van der Waals surface area contributed by atoms with Crippen molar-refractivity contribution in [3.63, 3.8) is 0 Å². The molecule has 1 rings (SSSR count). The van der Waals surface area contributed by atoms with Gasteiger partial charge in [0.15, 0.2) is 0 Å². The van der Waals surface area contributed by atoms with Gasteiger partial charge in [-0.05, 0) is 6.92 Å². The highest BCUT2D eigenvalue weighted by atomic mass is 32.2. The Morgan fingerprint density at radius 2 is 2.64 bits per heavy atom. The molecule has 0 aliphatic heterocycles. The summed E-state index contributed by atoms with van der Waals surface area (Å²) >= 11 is -2.26. The van der Waals surface area contributed by atoms with E-state index in [4.69, 9.17) is 4.55 Å². The number of aromatic nitrogens is 1. The van der Waals surface area contributed by atoms with Gasteiger partial charge in [0.1, 0.15) is 18.1 Å². The Morgan fingerprint density at radius 3 is 3.09 bits per heavy atom. The highest BCUT2D eigenvalue weighted by Gasteiger charge is 2.11. The van der Waals surface area contributed by atoms with E-state index in [1.807, 2.05) is 0 Å². The minimum atomic E-state index is -2.26. The molecule has 0 spiro atoms. The Balaban J connectivity index is 2.56. The minimum Gasteiger partial charge on any atom is -0.364 e. The van der Waals surface area contributed by atoms with Gasteiger partial charge in [0.05, 0.1) is 0 Å². The van der Waals surface area contributed by atoms with Crippen molar-refractivity contribution in [2.24, 2.45) is 0 Å². The van der Waals surface area contributed by atoms with Crippen LogP contribution in [0.2, 0.25) is 0 Å². The van der Waals surface area contributed by atoms with E-state index in [9.17, 15) is 4.21 Å². The normalized spacial score (nSPS) is 16.2. The SMILES string of the molecule is CC(OS(=O)O)c1ccon1. The lowest BCUT2D eigenvalue weighted by atomic mass is 10.3. The van der Waals surface area contributed by atoms with Gasteiger partial charge < -0.3 is 4.52 Å². The van der Waals surface area contributed by atoms with Crippen molar-refractivity contribution >= 4 is 11.4 Å². The topological polar surface area (TPSA) is 72.6 Å². The number of hydrogen-bond acceptors (Lipinski definition) is 4. The highest BCUT2D eigenvalue weighted by Crippen LogP contribution is 2.14. The maximum atomic E-state index is 10.1. The zero-order chi connectivity index (χ0) is 8.27. The van der Waals surface area contributed by atoms with E-state index < -0.39 is 17.5 Å². The average Bonchev–Trinajstić information content (AvgIpc) is 2.35. The van der Waals surface area contributed by atoms with Gasteiger partial charge in [0, 0.05) is 6.07 Å². The first-order chi connectivity index (χ1) is 5.20. The van der Waals surface area contributed by atoms with Crippen molar-refractivity contribution in [2.75, 3.05) is 0 Å². The van der Waals surface area contributed by atoms with E-state index in [1.54, 1.807) is 13.0 Å². The Labute approximate surface area is 65.8 Å². The molecule has 0 bridgehead atoms. The van der Waals surface area contributed by atoms with Crippen LogP contribution in [0.1, 0.15) is 18.7 Å². The molecule has 0 radical (unpaired) electrons. The monoisotopic (exact) mass is 177 g/mol. The van der Waals surface area contributed by atoms with Gasteiger partial charge in [-0.3, -0.25) is 8.74 Å². The van der Waals surface area contributed by atoms with E-state index in [-0.39, 0.29) is 0 Å². The highest BCUT2D eigenvalue weighted by molar-refractivity contribution is 7.74. The summed E-state index contributed by atoms with van der Waals surface area (Å²) < 4.78 is 27.5. The maximum Gasteiger partial charge on any atom is 0.302 e. The number of hydrogen-bond donors (Lipinski definition) is 1. The predicted octanol–water partition coefficient (Wildman–Crippen LogP) is 0.889. The number of rotatable bonds is 3. The van der Waals surface area contributed by atoms with Crippen molar-refractivity contribution in [2.45, 2.75) is 13.0 Å². The summed E-state index contributed by atoms with van der Waals surface area (Å²) in [6.07, 6.45) is 0.842. The Hall–Kier alpha value is -0.720. The van der Waals surface area contributed by atoms with Crippen LogP contribution in [0.25, 0.3) is 0 Å². The molecule has 0 amide bonds. The number of nitrogens with zero attached hydrogens (tertiary/aromatic N) is 1. The third-order valence-electron chi connectivity index (χ3n) is 1.10. The summed E-state index contributed by atoms with van der Waals surface area (Å²) in [5.74, 6) is 0. The van der Waals surface area contributed by atoms with Crippen molar-refractivity contribution in [1.29, 1.82) is 0 Å². The van der Waals surface area contributed by atoms with E-state index >= 15 is 0 Å². The molecule has 1 N–H and O–H groups in total. The van der Waals surface area contributed by atoms with Gasteiger partial charge >= 0.3 is 11.4 Å². The summed E-state index contributed by atoms with van der Waals surface area (Å²) in [7, 11) is 0. The van der Waals surface area contributed by atoms with Crippen LogP contribution in [-0.2, 0) is 15.5 Å². The standard InChI is InChI=1S/C5H7NO4S/c1-4(10-11(7)8)5-2-3-9-6-5/h2-4H,1H3,(H,7,8). The zero-order valence-corrected chi connectivity index (χ0v) is 6.58. The van der Waals surface area contributed by atoms with Crippen LogP contribution in [0.4, 0.5) is 0 Å². The molecule has 1 heterocycles. The molecule has 0 aliphatic carbocycles. The molecule has 0 saturated heterocycles. The molecule has 0 fully saturated rings. The summed E-state index contributed by atoms with van der Waals surface area (Å²) in [5, 5.41) is 3.52. The molecule has 1 aromatic heterocycles. The second kappa shape index (κ2) is 3.61. The molecule has 2 unspecified atom stereocenters. The molecule has 6 heteroatoms. The van der Waals surface area contributed by atoms with Gasteiger partial charge in [0.25, 0.3) is 0 Å². The van der Waals surface area contributed by atoms with Crippen LogP contribution in [-0.4, -0.2) is 13.9 Å². The van der Waals surface area contributed by atoms with Crippen molar-refractivity contribution < 1.29 is 17.5 Å². The van der Waals surface area contributed by atoms with E-state index in [0.717, 1.165) is 0 Å². The lowest BCUT2D eigenvalue weighted by Crippen LogP contribution is -2.02. The van der Waals surface area contributed by atoms with Gasteiger partial charge in [0.2, 0.25) is 0 Å². The third kappa shape index (κ3) is 2.41. The van der Waals surface area contributed by atoms with Gasteiger partial charge in [-0.15, -0.1) is 0 Å². The average molecular weight is 177 g/mol. The fourth-order valence-corrected chi connectivity index (χ4v) is 0.950. The molecular formula is C5H7NO4S. The molecular weight excluding hydrogens is 170 g/mol. The summed E-state index contributed by atoms with van der Waals surface area (Å²) in [6, 6.07) is 1.57. The van der Waals surface area contributed by atoms with Gasteiger partial charge in [-0.25, -0.2) is 0 Å². The fraction of sp³-hybridized carbons (Fsp3) is 0.400. The second-order valence-electron chi connectivity index (χ2n) is 1.88. The van der Waals surface area contributed by atoms with Crippen molar-refractivity contribution in [3.8, 4) is 0 Å². The quantitative estimate of drug-likeness (QED) is 0.694. The molecule has 2 atom stereocenters. The van der Waals surface area contributed by atoms with Crippen molar-refractivity contribution in [1.82, 2.24) is 5.16 Å². The molecule has 0 aliphatic rings. The molecule has 0 aromatic carbocycles. The van der Waals surface area contributed by atoms with E-state index in [1.165, 1.54) is 6.26 Å².